The molecule has 2 aromatic heterocycles. The molecule has 0 bridgehead atoms. The maximum atomic E-state index is 13.6. The normalized spacial score (nSPS) is 19.6. The maximum absolute atomic E-state index is 13.6. The van der Waals surface area contributed by atoms with Crippen molar-refractivity contribution in [2.75, 3.05) is 31.2 Å². The van der Waals surface area contributed by atoms with Crippen LogP contribution in [0.1, 0.15) is 43.3 Å². The first-order chi connectivity index (χ1) is 18.3. The summed E-state index contributed by atoms with van der Waals surface area (Å²) in [5.74, 6) is 1.16. The Kier molecular flexibility index (Phi) is 8.13. The molecular formula is C28H37N5O4S. The highest BCUT2D eigenvalue weighted by atomic mass is 32.2. The fraction of sp³-hybridized carbons (Fsp3) is 0.500. The van der Waals surface area contributed by atoms with Gasteiger partial charge < -0.3 is 18.9 Å². The van der Waals surface area contributed by atoms with Gasteiger partial charge in [0, 0.05) is 63.8 Å². The summed E-state index contributed by atoms with van der Waals surface area (Å²) in [6, 6.07) is 13.7. The third-order valence-corrected chi connectivity index (χ3v) is 8.73. The van der Waals surface area contributed by atoms with E-state index >= 15 is 0 Å². The third kappa shape index (κ3) is 6.26. The monoisotopic (exact) mass is 539 g/mol. The van der Waals surface area contributed by atoms with Crippen molar-refractivity contribution in [3.63, 3.8) is 0 Å². The van der Waals surface area contributed by atoms with E-state index in [1.165, 1.54) is 5.56 Å². The second kappa shape index (κ2) is 11.5. The Balaban J connectivity index is 1.30. The molecule has 0 aliphatic carbocycles. The maximum Gasteiger partial charge on any atom is 0.244 e. The van der Waals surface area contributed by atoms with E-state index in [2.05, 4.69) is 26.7 Å². The van der Waals surface area contributed by atoms with E-state index in [9.17, 15) is 8.42 Å². The molecule has 0 radical (unpaired) electrons. The quantitative estimate of drug-likeness (QED) is 0.445. The second-order valence-electron chi connectivity index (χ2n) is 10.3. The van der Waals surface area contributed by atoms with Gasteiger partial charge in [0.25, 0.3) is 0 Å². The number of imidazole rings is 1. The first kappa shape index (κ1) is 26.8. The molecule has 204 valence electrons. The zero-order valence-corrected chi connectivity index (χ0v) is 23.0. The lowest BCUT2D eigenvalue weighted by Crippen LogP contribution is -2.57. The molecule has 5 rings (SSSR count). The van der Waals surface area contributed by atoms with Crippen LogP contribution >= 0.6 is 0 Å². The van der Waals surface area contributed by atoms with Crippen LogP contribution in [0.25, 0.3) is 0 Å². The predicted octanol–water partition coefficient (Wildman–Crippen LogP) is 3.47. The number of anilines is 1. The number of aromatic nitrogens is 3. The van der Waals surface area contributed by atoms with E-state index < -0.39 is 10.0 Å². The number of hydrogen-bond donors (Lipinski definition) is 1. The standard InChI is InChI=1S/C28H37N5O4S/c1-22-10-11-25(27(31-22)33-20-23(2)37-28(21-33)12-17-36-18-13-28)38(34,35)30-19-26-29-14-16-32(26)15-6-9-24-7-4-3-5-8-24/h3-5,7-8,10-11,14,16,23,30H,6,9,12-13,15,17-21H2,1-2H3. The van der Waals surface area contributed by atoms with Crippen molar-refractivity contribution in [3.05, 3.63) is 71.9 Å². The Hall–Kier alpha value is -2.79. The first-order valence-corrected chi connectivity index (χ1v) is 14.8. The molecule has 1 aromatic carbocycles. The van der Waals surface area contributed by atoms with E-state index in [1.807, 2.05) is 42.8 Å². The predicted molar refractivity (Wildman–Crippen MR) is 146 cm³/mol. The van der Waals surface area contributed by atoms with Crippen LogP contribution in [0, 0.1) is 6.92 Å². The van der Waals surface area contributed by atoms with Gasteiger partial charge in [0.05, 0.1) is 18.2 Å². The summed E-state index contributed by atoms with van der Waals surface area (Å²) < 4.78 is 43.9. The highest BCUT2D eigenvalue weighted by Gasteiger charge is 2.42. The fourth-order valence-corrected chi connectivity index (χ4v) is 6.55. The first-order valence-electron chi connectivity index (χ1n) is 13.4. The highest BCUT2D eigenvalue weighted by Crippen LogP contribution is 2.35. The number of aryl methyl sites for hydroxylation is 3. The molecule has 9 nitrogen and oxygen atoms in total. The molecule has 2 fully saturated rings. The summed E-state index contributed by atoms with van der Waals surface area (Å²) in [5, 5.41) is 0. The molecule has 4 heterocycles. The van der Waals surface area contributed by atoms with Gasteiger partial charge in [-0.1, -0.05) is 30.3 Å². The second-order valence-corrected chi connectivity index (χ2v) is 12.1. The molecule has 0 saturated carbocycles. The van der Waals surface area contributed by atoms with Crippen molar-refractivity contribution in [2.24, 2.45) is 0 Å². The molecular weight excluding hydrogens is 502 g/mol. The number of nitrogens with zero attached hydrogens (tertiary/aromatic N) is 4. The van der Waals surface area contributed by atoms with Gasteiger partial charge in [0.2, 0.25) is 10.0 Å². The van der Waals surface area contributed by atoms with Gasteiger partial charge in [-0.3, -0.25) is 0 Å². The fourth-order valence-electron chi connectivity index (χ4n) is 5.42. The van der Waals surface area contributed by atoms with Gasteiger partial charge in [-0.05, 0) is 44.4 Å². The molecule has 38 heavy (non-hydrogen) atoms. The molecule has 3 aromatic rings. The van der Waals surface area contributed by atoms with Gasteiger partial charge in [-0.2, -0.15) is 0 Å². The van der Waals surface area contributed by atoms with Crippen LogP contribution in [0.15, 0.2) is 59.8 Å². The summed E-state index contributed by atoms with van der Waals surface area (Å²) in [6.07, 6.45) is 7.03. The molecule has 1 atom stereocenters. The Morgan fingerprint density at radius 2 is 1.92 bits per heavy atom. The van der Waals surface area contributed by atoms with Crippen molar-refractivity contribution in [1.82, 2.24) is 19.3 Å². The summed E-state index contributed by atoms with van der Waals surface area (Å²) in [7, 11) is -3.85. The number of ether oxygens (including phenoxy) is 2. The number of rotatable bonds is 9. The van der Waals surface area contributed by atoms with Gasteiger partial charge in [0.1, 0.15) is 16.5 Å². The lowest BCUT2D eigenvalue weighted by atomic mass is 9.91. The smallest absolute Gasteiger partial charge is 0.244 e. The number of nitrogens with one attached hydrogen (secondary N) is 1. The van der Waals surface area contributed by atoms with Crippen molar-refractivity contribution < 1.29 is 17.9 Å². The van der Waals surface area contributed by atoms with Crippen molar-refractivity contribution in [2.45, 2.75) is 69.2 Å². The van der Waals surface area contributed by atoms with Crippen molar-refractivity contribution in [1.29, 1.82) is 0 Å². The third-order valence-electron chi connectivity index (χ3n) is 7.31. The van der Waals surface area contributed by atoms with E-state index in [4.69, 9.17) is 14.5 Å². The summed E-state index contributed by atoms with van der Waals surface area (Å²) in [5.41, 5.74) is 1.71. The van der Waals surface area contributed by atoms with E-state index in [1.54, 1.807) is 18.3 Å². The molecule has 1 N–H and O–H groups in total. The Labute approximate surface area is 225 Å². The SMILES string of the molecule is Cc1ccc(S(=O)(=O)NCc2nccn2CCCc2ccccc2)c(N2CC(C)OC3(CCOCC3)C2)n1. The van der Waals surface area contributed by atoms with Crippen molar-refractivity contribution >= 4 is 15.8 Å². The van der Waals surface area contributed by atoms with Gasteiger partial charge >= 0.3 is 0 Å². The summed E-state index contributed by atoms with van der Waals surface area (Å²) >= 11 is 0. The largest absolute Gasteiger partial charge is 0.381 e. The van der Waals surface area contributed by atoms with Crippen LogP contribution in [-0.4, -0.2) is 61.0 Å². The van der Waals surface area contributed by atoms with E-state index in [0.717, 1.165) is 37.9 Å². The van der Waals surface area contributed by atoms with Crippen LogP contribution in [0.5, 0.6) is 0 Å². The average Bonchev–Trinajstić information content (AvgIpc) is 3.35. The van der Waals surface area contributed by atoms with Gasteiger partial charge in [-0.15, -0.1) is 0 Å². The van der Waals surface area contributed by atoms with E-state index in [-0.39, 0.29) is 23.1 Å². The minimum absolute atomic E-state index is 0.0453. The molecule has 1 spiro atoms. The highest BCUT2D eigenvalue weighted by molar-refractivity contribution is 7.89. The number of morpholine rings is 1. The molecule has 2 aliphatic rings. The molecule has 10 heteroatoms. The molecule has 2 aliphatic heterocycles. The van der Waals surface area contributed by atoms with Crippen LogP contribution in [0.4, 0.5) is 5.82 Å². The number of benzene rings is 1. The van der Waals surface area contributed by atoms with Gasteiger partial charge in [0.15, 0.2) is 0 Å². The Bertz CT molecular complexity index is 1320. The lowest BCUT2D eigenvalue weighted by molar-refractivity contribution is -0.146. The number of hydrogen-bond acceptors (Lipinski definition) is 7. The molecule has 0 amide bonds. The van der Waals surface area contributed by atoms with Gasteiger partial charge in [-0.25, -0.2) is 23.1 Å². The van der Waals surface area contributed by atoms with Crippen LogP contribution in [-0.2, 0) is 39.0 Å². The molecule has 1 unspecified atom stereocenters. The Morgan fingerprint density at radius 1 is 1.13 bits per heavy atom. The summed E-state index contributed by atoms with van der Waals surface area (Å²) in [4.78, 5) is 11.4. The lowest BCUT2D eigenvalue weighted by Gasteiger charge is -2.48. The zero-order chi connectivity index (χ0) is 26.6. The minimum Gasteiger partial charge on any atom is -0.381 e. The average molecular weight is 540 g/mol. The zero-order valence-electron chi connectivity index (χ0n) is 22.2. The van der Waals surface area contributed by atoms with Crippen LogP contribution < -0.4 is 9.62 Å². The number of sulfonamides is 1. The van der Waals surface area contributed by atoms with E-state index in [0.29, 0.717) is 37.9 Å². The summed E-state index contributed by atoms with van der Waals surface area (Å²) in [6.45, 7) is 7.24. The topological polar surface area (TPSA) is 98.6 Å². The minimum atomic E-state index is -3.85. The van der Waals surface area contributed by atoms with Crippen LogP contribution in [0.3, 0.4) is 0 Å². The number of pyridine rings is 1. The van der Waals surface area contributed by atoms with Crippen LogP contribution in [0.2, 0.25) is 0 Å². The molecule has 2 saturated heterocycles. The van der Waals surface area contributed by atoms with Crippen molar-refractivity contribution in [3.8, 4) is 0 Å². The Morgan fingerprint density at radius 3 is 2.71 bits per heavy atom.